The summed E-state index contributed by atoms with van der Waals surface area (Å²) < 4.78 is 5.07. The van der Waals surface area contributed by atoms with Crippen molar-refractivity contribution in [2.75, 3.05) is 7.11 Å². The van der Waals surface area contributed by atoms with Crippen LogP contribution >= 0.6 is 11.6 Å². The molecule has 0 heterocycles. The Hall–Kier alpha value is -0.730. The zero-order chi connectivity index (χ0) is 10.7. The third-order valence-corrected chi connectivity index (χ3v) is 2.46. The quantitative estimate of drug-likeness (QED) is 0.838. The van der Waals surface area contributed by atoms with Crippen LogP contribution in [0.2, 0.25) is 5.02 Å². The summed E-state index contributed by atoms with van der Waals surface area (Å²) in [5.74, 6) is 0.782. The minimum atomic E-state index is -0.471. The minimum absolute atomic E-state index is 0.181. The SMILES string of the molecule is COc1cc(C(O)C(C)C)ccc1Cl. The van der Waals surface area contributed by atoms with E-state index in [9.17, 15) is 5.11 Å². The number of ether oxygens (including phenoxy) is 1. The van der Waals surface area contributed by atoms with Crippen molar-refractivity contribution in [2.45, 2.75) is 20.0 Å². The lowest BCUT2D eigenvalue weighted by molar-refractivity contribution is 0.126. The van der Waals surface area contributed by atoms with E-state index in [0.717, 1.165) is 5.56 Å². The molecule has 1 aromatic carbocycles. The van der Waals surface area contributed by atoms with Crippen LogP contribution in [0, 0.1) is 5.92 Å². The summed E-state index contributed by atoms with van der Waals surface area (Å²) in [6, 6.07) is 5.32. The molecule has 1 unspecified atom stereocenters. The Morgan fingerprint density at radius 3 is 2.50 bits per heavy atom. The van der Waals surface area contributed by atoms with Gasteiger partial charge in [0.15, 0.2) is 0 Å². The Balaban J connectivity index is 3.00. The molecule has 3 heteroatoms. The van der Waals surface area contributed by atoms with E-state index in [0.29, 0.717) is 10.8 Å². The number of rotatable bonds is 3. The lowest BCUT2D eigenvalue weighted by Gasteiger charge is -2.15. The molecule has 0 aliphatic heterocycles. The van der Waals surface area contributed by atoms with Crippen LogP contribution in [0.3, 0.4) is 0 Å². The predicted octanol–water partition coefficient (Wildman–Crippen LogP) is 3.04. The molecule has 0 aliphatic carbocycles. The highest BCUT2D eigenvalue weighted by Crippen LogP contribution is 2.30. The van der Waals surface area contributed by atoms with E-state index >= 15 is 0 Å². The standard InChI is InChI=1S/C11H15ClO2/c1-7(2)11(13)8-4-5-9(12)10(6-8)14-3/h4-7,11,13H,1-3H3. The second kappa shape index (κ2) is 4.67. The smallest absolute Gasteiger partial charge is 0.137 e. The van der Waals surface area contributed by atoms with Crippen molar-refractivity contribution in [3.63, 3.8) is 0 Å². The Morgan fingerprint density at radius 2 is 2.00 bits per heavy atom. The summed E-state index contributed by atoms with van der Waals surface area (Å²) in [5, 5.41) is 10.4. The maximum absolute atomic E-state index is 9.81. The van der Waals surface area contributed by atoms with E-state index in [-0.39, 0.29) is 5.92 Å². The summed E-state index contributed by atoms with van der Waals surface area (Å²) in [5.41, 5.74) is 0.834. The van der Waals surface area contributed by atoms with Gasteiger partial charge in [-0.3, -0.25) is 0 Å². The Kier molecular flexibility index (Phi) is 3.78. The molecular formula is C11H15ClO2. The predicted molar refractivity (Wildman–Crippen MR) is 57.8 cm³/mol. The number of hydrogen-bond donors (Lipinski definition) is 1. The van der Waals surface area contributed by atoms with Gasteiger partial charge in [-0.25, -0.2) is 0 Å². The molecule has 0 bridgehead atoms. The van der Waals surface area contributed by atoms with Crippen LogP contribution < -0.4 is 4.74 Å². The van der Waals surface area contributed by atoms with Gasteiger partial charge < -0.3 is 9.84 Å². The largest absolute Gasteiger partial charge is 0.495 e. The van der Waals surface area contributed by atoms with Crippen molar-refractivity contribution in [1.29, 1.82) is 0 Å². The highest BCUT2D eigenvalue weighted by atomic mass is 35.5. The summed E-state index contributed by atoms with van der Waals surface area (Å²) >= 11 is 5.87. The maximum Gasteiger partial charge on any atom is 0.137 e. The van der Waals surface area contributed by atoms with E-state index in [2.05, 4.69) is 0 Å². The Labute approximate surface area is 89.5 Å². The van der Waals surface area contributed by atoms with Gasteiger partial charge in [-0.1, -0.05) is 31.5 Å². The van der Waals surface area contributed by atoms with E-state index in [1.807, 2.05) is 19.9 Å². The molecule has 1 N–H and O–H groups in total. The number of hydrogen-bond acceptors (Lipinski definition) is 2. The zero-order valence-corrected chi connectivity index (χ0v) is 9.38. The van der Waals surface area contributed by atoms with Crippen molar-refractivity contribution < 1.29 is 9.84 Å². The molecule has 2 nitrogen and oxygen atoms in total. The molecule has 78 valence electrons. The molecule has 0 radical (unpaired) electrons. The molecule has 1 aromatic rings. The molecule has 14 heavy (non-hydrogen) atoms. The van der Waals surface area contributed by atoms with Crippen molar-refractivity contribution in [2.24, 2.45) is 5.92 Å². The van der Waals surface area contributed by atoms with Crippen molar-refractivity contribution in [3.8, 4) is 5.75 Å². The van der Waals surface area contributed by atoms with Crippen LogP contribution in [0.1, 0.15) is 25.5 Å². The average molecular weight is 215 g/mol. The molecular weight excluding hydrogens is 200 g/mol. The van der Waals surface area contributed by atoms with E-state index in [4.69, 9.17) is 16.3 Å². The van der Waals surface area contributed by atoms with Gasteiger partial charge in [0.05, 0.1) is 18.2 Å². The molecule has 0 amide bonds. The van der Waals surface area contributed by atoms with Crippen molar-refractivity contribution in [1.82, 2.24) is 0 Å². The van der Waals surface area contributed by atoms with Crippen LogP contribution in [0.15, 0.2) is 18.2 Å². The molecule has 0 fully saturated rings. The zero-order valence-electron chi connectivity index (χ0n) is 8.62. The number of aliphatic hydroxyl groups is 1. The molecule has 0 aromatic heterocycles. The third kappa shape index (κ3) is 2.40. The second-order valence-corrected chi connectivity index (χ2v) is 3.99. The van der Waals surface area contributed by atoms with Crippen LogP contribution in [0.5, 0.6) is 5.75 Å². The molecule has 0 spiro atoms. The number of benzene rings is 1. The fourth-order valence-corrected chi connectivity index (χ4v) is 1.44. The van der Waals surface area contributed by atoms with Gasteiger partial charge in [-0.05, 0) is 23.6 Å². The van der Waals surface area contributed by atoms with Gasteiger partial charge in [-0.2, -0.15) is 0 Å². The normalized spacial score (nSPS) is 13.0. The first-order valence-electron chi connectivity index (χ1n) is 4.57. The second-order valence-electron chi connectivity index (χ2n) is 3.58. The van der Waals surface area contributed by atoms with Crippen molar-refractivity contribution in [3.05, 3.63) is 28.8 Å². The third-order valence-electron chi connectivity index (χ3n) is 2.15. The Morgan fingerprint density at radius 1 is 1.36 bits per heavy atom. The van der Waals surface area contributed by atoms with Crippen LogP contribution in [-0.2, 0) is 0 Å². The number of halogens is 1. The number of aliphatic hydroxyl groups excluding tert-OH is 1. The van der Waals surface area contributed by atoms with Crippen molar-refractivity contribution >= 4 is 11.6 Å². The van der Waals surface area contributed by atoms with E-state index in [1.165, 1.54) is 0 Å². The highest BCUT2D eigenvalue weighted by molar-refractivity contribution is 6.32. The van der Waals surface area contributed by atoms with Crippen LogP contribution in [0.4, 0.5) is 0 Å². The highest BCUT2D eigenvalue weighted by Gasteiger charge is 2.13. The summed E-state index contributed by atoms with van der Waals surface area (Å²) in [4.78, 5) is 0. The first-order chi connectivity index (χ1) is 6.56. The fraction of sp³-hybridized carbons (Fsp3) is 0.455. The lowest BCUT2D eigenvalue weighted by Crippen LogP contribution is -2.05. The molecule has 0 saturated heterocycles. The van der Waals surface area contributed by atoms with Gasteiger partial charge in [0.2, 0.25) is 0 Å². The average Bonchev–Trinajstić information content (AvgIpc) is 2.17. The molecule has 1 rings (SSSR count). The number of methoxy groups -OCH3 is 1. The molecule has 0 saturated carbocycles. The summed E-state index contributed by atoms with van der Waals surface area (Å²) in [6.45, 7) is 3.93. The van der Waals surface area contributed by atoms with Crippen LogP contribution in [-0.4, -0.2) is 12.2 Å². The summed E-state index contributed by atoms with van der Waals surface area (Å²) in [7, 11) is 1.56. The topological polar surface area (TPSA) is 29.5 Å². The lowest BCUT2D eigenvalue weighted by atomic mass is 9.99. The summed E-state index contributed by atoms with van der Waals surface area (Å²) in [6.07, 6.45) is -0.471. The maximum atomic E-state index is 9.81. The first kappa shape index (κ1) is 11.3. The van der Waals surface area contributed by atoms with Crippen LogP contribution in [0.25, 0.3) is 0 Å². The molecule has 1 atom stereocenters. The first-order valence-corrected chi connectivity index (χ1v) is 4.95. The van der Waals surface area contributed by atoms with Gasteiger partial charge in [-0.15, -0.1) is 0 Å². The van der Waals surface area contributed by atoms with E-state index < -0.39 is 6.10 Å². The van der Waals surface area contributed by atoms with Gasteiger partial charge in [0.1, 0.15) is 5.75 Å². The van der Waals surface area contributed by atoms with E-state index in [1.54, 1.807) is 19.2 Å². The van der Waals surface area contributed by atoms with Gasteiger partial charge >= 0.3 is 0 Å². The fourth-order valence-electron chi connectivity index (χ4n) is 1.25. The molecule has 0 aliphatic rings. The minimum Gasteiger partial charge on any atom is -0.495 e. The Bertz CT molecular complexity index is 310. The van der Waals surface area contributed by atoms with Gasteiger partial charge in [0, 0.05) is 0 Å². The monoisotopic (exact) mass is 214 g/mol. The van der Waals surface area contributed by atoms with Gasteiger partial charge in [0.25, 0.3) is 0 Å².